The first-order valence-corrected chi connectivity index (χ1v) is 14.7. The van der Waals surface area contributed by atoms with Crippen LogP contribution < -0.4 is 9.62 Å². The van der Waals surface area contributed by atoms with Crippen molar-refractivity contribution in [3.8, 4) is 0 Å². The van der Waals surface area contributed by atoms with Crippen molar-refractivity contribution >= 4 is 27.5 Å². The van der Waals surface area contributed by atoms with Gasteiger partial charge in [-0.25, -0.2) is 8.42 Å². The number of alkyl halides is 3. The molecule has 0 radical (unpaired) electrons. The summed E-state index contributed by atoms with van der Waals surface area (Å²) in [4.78, 5) is 27.8. The maximum atomic E-state index is 13.8. The molecule has 3 aromatic rings. The lowest BCUT2D eigenvalue weighted by Gasteiger charge is -2.32. The number of sulfonamides is 1. The van der Waals surface area contributed by atoms with E-state index < -0.39 is 46.2 Å². The molecule has 2 amide bonds. The van der Waals surface area contributed by atoms with E-state index in [1.54, 1.807) is 13.0 Å². The van der Waals surface area contributed by atoms with Gasteiger partial charge in [0.25, 0.3) is 10.0 Å². The number of amides is 2. The highest BCUT2D eigenvalue weighted by molar-refractivity contribution is 7.92. The maximum absolute atomic E-state index is 13.8. The molecular weight excluding hydrogens is 555 g/mol. The van der Waals surface area contributed by atoms with Crippen molar-refractivity contribution in [3.63, 3.8) is 0 Å². The third kappa shape index (κ3) is 8.56. The van der Waals surface area contributed by atoms with Gasteiger partial charge in [0.1, 0.15) is 12.6 Å². The molecule has 220 valence electrons. The third-order valence-corrected chi connectivity index (χ3v) is 8.34. The summed E-state index contributed by atoms with van der Waals surface area (Å²) in [5, 5.41) is 2.79. The van der Waals surface area contributed by atoms with Crippen LogP contribution in [0.2, 0.25) is 0 Å². The molecule has 3 rings (SSSR count). The summed E-state index contributed by atoms with van der Waals surface area (Å²) < 4.78 is 68.7. The zero-order chi connectivity index (χ0) is 30.0. The zero-order valence-electron chi connectivity index (χ0n) is 23.0. The van der Waals surface area contributed by atoms with Crippen LogP contribution in [0.5, 0.6) is 0 Å². The van der Waals surface area contributed by atoms with Crippen LogP contribution >= 0.6 is 0 Å². The average Bonchev–Trinajstić information content (AvgIpc) is 2.96. The SMILES string of the molecule is CCCCNC(=O)[C@@H](C)N(CCc1ccccc1)C(=O)CN(c1cccc(C(F)(F)F)c1)S(=O)(=O)c1ccccc1. The van der Waals surface area contributed by atoms with E-state index >= 15 is 0 Å². The number of halogens is 3. The second-order valence-corrected chi connectivity index (χ2v) is 11.4. The summed E-state index contributed by atoms with van der Waals surface area (Å²) in [5.74, 6) is -1.13. The smallest absolute Gasteiger partial charge is 0.354 e. The van der Waals surface area contributed by atoms with Gasteiger partial charge in [-0.15, -0.1) is 0 Å². The van der Waals surface area contributed by atoms with E-state index in [0.29, 0.717) is 23.3 Å². The van der Waals surface area contributed by atoms with Gasteiger partial charge >= 0.3 is 6.18 Å². The van der Waals surface area contributed by atoms with Crippen molar-refractivity contribution in [2.24, 2.45) is 0 Å². The molecule has 0 aliphatic heterocycles. The molecule has 41 heavy (non-hydrogen) atoms. The molecule has 0 saturated heterocycles. The fraction of sp³-hybridized carbons (Fsp3) is 0.333. The Morgan fingerprint density at radius 3 is 2.17 bits per heavy atom. The number of nitrogens with one attached hydrogen (secondary N) is 1. The van der Waals surface area contributed by atoms with Crippen molar-refractivity contribution in [2.75, 3.05) is 23.9 Å². The molecule has 0 heterocycles. The molecule has 0 aliphatic rings. The summed E-state index contributed by atoms with van der Waals surface area (Å²) in [6, 6.07) is 19.3. The number of nitrogens with zero attached hydrogens (tertiary/aromatic N) is 2. The molecule has 0 fully saturated rings. The minimum atomic E-state index is -4.73. The highest BCUT2D eigenvalue weighted by Gasteiger charge is 2.35. The van der Waals surface area contributed by atoms with E-state index in [0.717, 1.165) is 30.5 Å². The number of anilines is 1. The Morgan fingerprint density at radius 1 is 0.927 bits per heavy atom. The van der Waals surface area contributed by atoms with Gasteiger partial charge in [-0.1, -0.05) is 67.9 Å². The first-order chi connectivity index (χ1) is 19.4. The van der Waals surface area contributed by atoms with Crippen molar-refractivity contribution in [3.05, 3.63) is 96.1 Å². The van der Waals surface area contributed by atoms with Gasteiger partial charge in [0.05, 0.1) is 16.1 Å². The lowest BCUT2D eigenvalue weighted by Crippen LogP contribution is -2.52. The molecule has 1 N–H and O–H groups in total. The number of carbonyl (C=O) groups excluding carboxylic acids is 2. The van der Waals surface area contributed by atoms with Gasteiger partial charge in [-0.05, 0) is 55.7 Å². The first kappa shape index (κ1) is 31.7. The Balaban J connectivity index is 2.00. The Labute approximate surface area is 239 Å². The van der Waals surface area contributed by atoms with Crippen molar-refractivity contribution < 1.29 is 31.2 Å². The first-order valence-electron chi connectivity index (χ1n) is 13.3. The van der Waals surface area contributed by atoms with Crippen LogP contribution in [0.4, 0.5) is 18.9 Å². The molecular formula is C30H34F3N3O4S. The average molecular weight is 590 g/mol. The molecule has 11 heteroatoms. The molecule has 0 spiro atoms. The van der Waals surface area contributed by atoms with Crippen LogP contribution in [0.1, 0.15) is 37.8 Å². The normalized spacial score (nSPS) is 12.4. The number of unbranched alkanes of at least 4 members (excludes halogenated alkanes) is 1. The van der Waals surface area contributed by atoms with Crippen LogP contribution in [-0.4, -0.2) is 50.8 Å². The van der Waals surface area contributed by atoms with E-state index in [9.17, 15) is 31.2 Å². The predicted octanol–water partition coefficient (Wildman–Crippen LogP) is 5.28. The van der Waals surface area contributed by atoms with E-state index in [1.165, 1.54) is 35.2 Å². The fourth-order valence-corrected chi connectivity index (χ4v) is 5.62. The maximum Gasteiger partial charge on any atom is 0.416 e. The van der Waals surface area contributed by atoms with Gasteiger partial charge in [-0.2, -0.15) is 13.2 Å². The Kier molecular flexibility index (Phi) is 10.9. The third-order valence-electron chi connectivity index (χ3n) is 6.55. The van der Waals surface area contributed by atoms with E-state index in [2.05, 4.69) is 5.32 Å². The quantitative estimate of drug-likeness (QED) is 0.275. The molecule has 0 saturated carbocycles. The number of rotatable bonds is 13. The molecule has 0 aliphatic carbocycles. The highest BCUT2D eigenvalue weighted by atomic mass is 32.2. The van der Waals surface area contributed by atoms with Crippen molar-refractivity contribution in [2.45, 2.75) is 50.2 Å². The Morgan fingerprint density at radius 2 is 1.56 bits per heavy atom. The Hall–Kier alpha value is -3.86. The van der Waals surface area contributed by atoms with Crippen LogP contribution in [0, 0.1) is 0 Å². The summed E-state index contributed by atoms with van der Waals surface area (Å²) in [6.07, 6.45) is -2.74. The summed E-state index contributed by atoms with van der Waals surface area (Å²) in [5.41, 5.74) is -0.476. The summed E-state index contributed by atoms with van der Waals surface area (Å²) in [7, 11) is -4.46. The van der Waals surface area contributed by atoms with Crippen LogP contribution in [-0.2, 0) is 32.2 Å². The number of hydrogen-bond acceptors (Lipinski definition) is 4. The molecule has 1 atom stereocenters. The molecule has 3 aromatic carbocycles. The van der Waals surface area contributed by atoms with Crippen LogP contribution in [0.25, 0.3) is 0 Å². The second kappa shape index (κ2) is 14.2. The fourth-order valence-electron chi connectivity index (χ4n) is 4.19. The van der Waals surface area contributed by atoms with E-state index in [-0.39, 0.29) is 17.1 Å². The highest BCUT2D eigenvalue weighted by Crippen LogP contribution is 2.33. The molecule has 0 aromatic heterocycles. The lowest BCUT2D eigenvalue weighted by molar-refractivity contribution is -0.138. The van der Waals surface area contributed by atoms with E-state index in [1.807, 2.05) is 37.3 Å². The monoisotopic (exact) mass is 589 g/mol. The number of hydrogen-bond donors (Lipinski definition) is 1. The van der Waals surface area contributed by atoms with Gasteiger partial charge < -0.3 is 10.2 Å². The lowest BCUT2D eigenvalue weighted by atomic mass is 10.1. The van der Waals surface area contributed by atoms with Crippen LogP contribution in [0.15, 0.2) is 89.8 Å². The standard InChI is InChI=1S/C30H34F3N3O4S/c1-3-4-19-34-29(38)23(2)35(20-18-24-12-7-5-8-13-24)28(37)22-36(41(39,40)27-16-9-6-10-17-27)26-15-11-14-25(21-26)30(31,32)33/h5-17,21,23H,3-4,18-20,22H2,1-2H3,(H,34,38)/t23-/m1/s1. The van der Waals surface area contributed by atoms with Gasteiger partial charge in [-0.3, -0.25) is 13.9 Å². The van der Waals surface area contributed by atoms with Crippen LogP contribution in [0.3, 0.4) is 0 Å². The summed E-state index contributed by atoms with van der Waals surface area (Å²) >= 11 is 0. The number of benzene rings is 3. The summed E-state index contributed by atoms with van der Waals surface area (Å²) in [6.45, 7) is 3.22. The predicted molar refractivity (Wildman–Crippen MR) is 152 cm³/mol. The number of carbonyl (C=O) groups is 2. The zero-order valence-corrected chi connectivity index (χ0v) is 23.8. The van der Waals surface area contributed by atoms with Gasteiger partial charge in [0.15, 0.2) is 0 Å². The topological polar surface area (TPSA) is 86.8 Å². The van der Waals surface area contributed by atoms with Gasteiger partial charge in [0, 0.05) is 13.1 Å². The Bertz CT molecular complexity index is 1400. The second-order valence-electron chi connectivity index (χ2n) is 9.52. The molecule has 7 nitrogen and oxygen atoms in total. The van der Waals surface area contributed by atoms with Gasteiger partial charge in [0.2, 0.25) is 11.8 Å². The molecule has 0 unspecified atom stereocenters. The minimum absolute atomic E-state index is 0.0903. The largest absolute Gasteiger partial charge is 0.416 e. The van der Waals surface area contributed by atoms with E-state index in [4.69, 9.17) is 0 Å². The van der Waals surface area contributed by atoms with Crippen molar-refractivity contribution in [1.82, 2.24) is 10.2 Å². The minimum Gasteiger partial charge on any atom is -0.354 e. The van der Waals surface area contributed by atoms with Crippen molar-refractivity contribution in [1.29, 1.82) is 0 Å². The molecule has 0 bridgehead atoms.